The summed E-state index contributed by atoms with van der Waals surface area (Å²) in [5.41, 5.74) is 6.52. The number of nitrogens with two attached hydrogens (primary N) is 1. The van der Waals surface area contributed by atoms with E-state index < -0.39 is 0 Å². The van der Waals surface area contributed by atoms with Crippen LogP contribution >= 0.6 is 0 Å². The van der Waals surface area contributed by atoms with Crippen molar-refractivity contribution in [2.75, 3.05) is 19.6 Å². The van der Waals surface area contributed by atoms with Crippen LogP contribution in [0.4, 0.5) is 0 Å². The average molecular weight is 276 g/mol. The van der Waals surface area contributed by atoms with E-state index in [4.69, 9.17) is 10.5 Å². The third-order valence-corrected chi connectivity index (χ3v) is 3.62. The van der Waals surface area contributed by atoms with Gasteiger partial charge in [0, 0.05) is 19.6 Å². The molecule has 1 aromatic rings. The number of nitrogens with zero attached hydrogens (tertiary/aromatic N) is 1. The minimum absolute atomic E-state index is 0.0527. The van der Waals surface area contributed by atoms with Crippen LogP contribution in [0, 0.1) is 0 Å². The zero-order valence-corrected chi connectivity index (χ0v) is 12.5. The van der Waals surface area contributed by atoms with E-state index in [2.05, 4.69) is 0 Å². The van der Waals surface area contributed by atoms with E-state index >= 15 is 0 Å². The van der Waals surface area contributed by atoms with E-state index in [1.807, 2.05) is 56.0 Å². The van der Waals surface area contributed by atoms with Gasteiger partial charge in [-0.15, -0.1) is 0 Å². The second-order valence-electron chi connectivity index (χ2n) is 6.11. The minimum atomic E-state index is -0.302. The van der Waals surface area contributed by atoms with Gasteiger partial charge < -0.3 is 15.4 Å². The molecule has 4 heteroatoms. The highest BCUT2D eigenvalue weighted by atomic mass is 16.5. The molecule has 1 aromatic carbocycles. The second kappa shape index (κ2) is 5.94. The maximum Gasteiger partial charge on any atom is 0.231 e. The van der Waals surface area contributed by atoms with Crippen LogP contribution in [0.15, 0.2) is 30.3 Å². The lowest BCUT2D eigenvalue weighted by Gasteiger charge is -2.42. The number of hydrogen-bond donors (Lipinski definition) is 1. The molecule has 1 amide bonds. The minimum Gasteiger partial charge on any atom is -0.369 e. The fraction of sp³-hybridized carbons (Fsp3) is 0.562. The molecule has 1 heterocycles. The molecule has 110 valence electrons. The summed E-state index contributed by atoms with van der Waals surface area (Å²) in [6.07, 6.45) is 0.0527. The number of hydrogen-bond acceptors (Lipinski definition) is 3. The van der Waals surface area contributed by atoms with Gasteiger partial charge in [0.2, 0.25) is 5.91 Å². The molecule has 0 aromatic heterocycles. The number of ether oxygens (including phenoxy) is 1. The zero-order chi connectivity index (χ0) is 14.8. The molecule has 0 radical (unpaired) electrons. The first-order valence-corrected chi connectivity index (χ1v) is 7.14. The first-order valence-electron chi connectivity index (χ1n) is 7.14. The van der Waals surface area contributed by atoms with Crippen molar-refractivity contribution in [3.05, 3.63) is 35.9 Å². The topological polar surface area (TPSA) is 55.6 Å². The normalized spacial score (nSPS) is 23.4. The molecule has 4 nitrogen and oxygen atoms in total. The molecule has 1 aliphatic heterocycles. The van der Waals surface area contributed by atoms with Crippen molar-refractivity contribution >= 4 is 5.91 Å². The smallest absolute Gasteiger partial charge is 0.231 e. The van der Waals surface area contributed by atoms with Gasteiger partial charge in [0.05, 0.1) is 17.6 Å². The van der Waals surface area contributed by atoms with Crippen LogP contribution in [-0.4, -0.2) is 42.1 Å². The summed E-state index contributed by atoms with van der Waals surface area (Å²) in [6, 6.07) is 9.75. The largest absolute Gasteiger partial charge is 0.369 e. The molecular formula is C16H24N2O2. The van der Waals surface area contributed by atoms with Crippen LogP contribution in [0.5, 0.6) is 0 Å². The van der Waals surface area contributed by atoms with Crippen LogP contribution < -0.4 is 5.73 Å². The van der Waals surface area contributed by atoms with E-state index in [1.54, 1.807) is 0 Å². The summed E-state index contributed by atoms with van der Waals surface area (Å²) in [7, 11) is 0. The monoisotopic (exact) mass is 276 g/mol. The van der Waals surface area contributed by atoms with Crippen LogP contribution in [-0.2, 0) is 9.53 Å². The lowest BCUT2D eigenvalue weighted by atomic mass is 9.96. The standard InChI is InChI=1S/C16H24N2O2/c1-12-10-18(11-16(2,3)20-12)15(19)14(9-17)13-7-5-4-6-8-13/h4-8,12,14H,9-11,17H2,1-3H3/t12-,14-/m1/s1. The predicted molar refractivity (Wildman–Crippen MR) is 79.4 cm³/mol. The van der Waals surface area contributed by atoms with Crippen LogP contribution in [0.1, 0.15) is 32.3 Å². The van der Waals surface area contributed by atoms with Crippen molar-refractivity contribution in [2.24, 2.45) is 5.73 Å². The highest BCUT2D eigenvalue weighted by molar-refractivity contribution is 5.84. The SMILES string of the molecule is C[C@@H]1CN(C(=O)[C@H](CN)c2ccccc2)CC(C)(C)O1. The molecule has 1 saturated heterocycles. The van der Waals surface area contributed by atoms with Crippen molar-refractivity contribution in [1.82, 2.24) is 4.90 Å². The highest BCUT2D eigenvalue weighted by Crippen LogP contribution is 2.25. The third kappa shape index (κ3) is 3.38. The summed E-state index contributed by atoms with van der Waals surface area (Å²) in [5.74, 6) is -0.167. The van der Waals surface area contributed by atoms with E-state index in [-0.39, 0.29) is 23.5 Å². The summed E-state index contributed by atoms with van der Waals surface area (Å²) >= 11 is 0. The van der Waals surface area contributed by atoms with E-state index in [1.165, 1.54) is 0 Å². The van der Waals surface area contributed by atoms with Crippen molar-refractivity contribution in [3.63, 3.8) is 0 Å². The molecule has 1 aliphatic rings. The Bertz CT molecular complexity index is 459. The van der Waals surface area contributed by atoms with E-state index in [9.17, 15) is 4.79 Å². The number of morpholine rings is 1. The van der Waals surface area contributed by atoms with Crippen molar-refractivity contribution in [3.8, 4) is 0 Å². The molecule has 0 unspecified atom stereocenters. The third-order valence-electron chi connectivity index (χ3n) is 3.62. The highest BCUT2D eigenvalue weighted by Gasteiger charge is 2.36. The fourth-order valence-corrected chi connectivity index (χ4v) is 2.91. The Kier molecular flexibility index (Phi) is 4.45. The Labute approximate surface area is 120 Å². The van der Waals surface area contributed by atoms with Crippen molar-refractivity contribution in [2.45, 2.75) is 38.4 Å². The molecule has 0 spiro atoms. The Balaban J connectivity index is 2.17. The van der Waals surface area contributed by atoms with Gasteiger partial charge in [-0.3, -0.25) is 4.79 Å². The molecule has 2 rings (SSSR count). The number of carbonyl (C=O) groups is 1. The number of carbonyl (C=O) groups excluding carboxylic acids is 1. The van der Waals surface area contributed by atoms with E-state index in [0.29, 0.717) is 19.6 Å². The molecule has 0 saturated carbocycles. The molecule has 2 atom stereocenters. The number of benzene rings is 1. The number of amides is 1. The van der Waals surface area contributed by atoms with Crippen LogP contribution in [0.25, 0.3) is 0 Å². The van der Waals surface area contributed by atoms with Gasteiger partial charge in [-0.1, -0.05) is 30.3 Å². The number of rotatable bonds is 3. The molecule has 2 N–H and O–H groups in total. The first kappa shape index (κ1) is 15.0. The maximum atomic E-state index is 12.8. The average Bonchev–Trinajstić information content (AvgIpc) is 2.38. The summed E-state index contributed by atoms with van der Waals surface area (Å²) in [4.78, 5) is 14.6. The Morgan fingerprint density at radius 2 is 2.10 bits per heavy atom. The maximum absolute atomic E-state index is 12.8. The van der Waals surface area contributed by atoms with Gasteiger partial charge in [-0.2, -0.15) is 0 Å². The summed E-state index contributed by atoms with van der Waals surface area (Å²) < 4.78 is 5.85. The first-order chi connectivity index (χ1) is 9.43. The van der Waals surface area contributed by atoms with Crippen molar-refractivity contribution in [1.29, 1.82) is 0 Å². The van der Waals surface area contributed by atoms with Crippen LogP contribution in [0.3, 0.4) is 0 Å². The van der Waals surface area contributed by atoms with Gasteiger partial charge in [0.25, 0.3) is 0 Å². The van der Waals surface area contributed by atoms with Gasteiger partial charge in [0.15, 0.2) is 0 Å². The Morgan fingerprint density at radius 3 is 2.65 bits per heavy atom. The second-order valence-corrected chi connectivity index (χ2v) is 6.11. The Hall–Kier alpha value is -1.39. The van der Waals surface area contributed by atoms with Gasteiger partial charge in [-0.05, 0) is 26.3 Å². The van der Waals surface area contributed by atoms with Crippen molar-refractivity contribution < 1.29 is 9.53 Å². The molecule has 0 aliphatic carbocycles. The summed E-state index contributed by atoms with van der Waals surface area (Å²) in [6.45, 7) is 7.60. The molecule has 0 bridgehead atoms. The van der Waals surface area contributed by atoms with E-state index in [0.717, 1.165) is 5.56 Å². The summed E-state index contributed by atoms with van der Waals surface area (Å²) in [5, 5.41) is 0. The zero-order valence-electron chi connectivity index (χ0n) is 12.5. The van der Waals surface area contributed by atoms with Crippen LogP contribution in [0.2, 0.25) is 0 Å². The fourth-order valence-electron chi connectivity index (χ4n) is 2.91. The van der Waals surface area contributed by atoms with Gasteiger partial charge >= 0.3 is 0 Å². The molecular weight excluding hydrogens is 252 g/mol. The lowest BCUT2D eigenvalue weighted by Crippen LogP contribution is -2.55. The quantitative estimate of drug-likeness (QED) is 0.915. The van der Waals surface area contributed by atoms with Gasteiger partial charge in [0.1, 0.15) is 0 Å². The van der Waals surface area contributed by atoms with Gasteiger partial charge in [-0.25, -0.2) is 0 Å². The Morgan fingerprint density at radius 1 is 1.45 bits per heavy atom. The molecule has 1 fully saturated rings. The predicted octanol–water partition coefficient (Wildman–Crippen LogP) is 1.75. The lowest BCUT2D eigenvalue weighted by molar-refractivity contribution is -0.159. The molecule has 20 heavy (non-hydrogen) atoms.